The maximum atomic E-state index is 14.7. The maximum Gasteiger partial charge on any atom is 0.356 e. The minimum Gasteiger partial charge on any atom is -0.493 e. The van der Waals surface area contributed by atoms with Crippen molar-refractivity contribution in [2.24, 2.45) is 23.7 Å². The third-order valence-electron chi connectivity index (χ3n) is 11.7. The van der Waals surface area contributed by atoms with E-state index < -0.39 is 28.6 Å². The Labute approximate surface area is 465 Å². The van der Waals surface area contributed by atoms with Gasteiger partial charge in [-0.15, -0.1) is 0 Å². The molecule has 8 aromatic rings. The Morgan fingerprint density at radius 2 is 0.859 bits per heavy atom. The number of carbonyl (C=O) groups is 4. The van der Waals surface area contributed by atoms with Crippen LogP contribution >= 0.6 is 31.9 Å². The van der Waals surface area contributed by atoms with Gasteiger partial charge in [0.2, 0.25) is 0 Å². The van der Waals surface area contributed by atoms with Crippen LogP contribution in [0.3, 0.4) is 0 Å². The zero-order chi connectivity index (χ0) is 56.1. The Morgan fingerprint density at radius 3 is 1.29 bits per heavy atom. The van der Waals surface area contributed by atoms with E-state index in [1.807, 2.05) is 55.4 Å². The van der Waals surface area contributed by atoms with E-state index in [2.05, 4.69) is 57.8 Å². The van der Waals surface area contributed by atoms with Crippen LogP contribution in [0, 0.1) is 33.8 Å². The van der Waals surface area contributed by atoms with Crippen LogP contribution in [0.15, 0.2) is 93.9 Å². The summed E-state index contributed by atoms with van der Waals surface area (Å²) < 4.78 is 31.0. The molecule has 0 aliphatic rings. The summed E-state index contributed by atoms with van der Waals surface area (Å²) in [5.41, 5.74) is 0.506. The van der Waals surface area contributed by atoms with E-state index in [-0.39, 0.29) is 117 Å². The predicted molar refractivity (Wildman–Crippen MR) is 306 cm³/mol. The highest BCUT2D eigenvalue weighted by Gasteiger charge is 2.26. The molecule has 0 radical (unpaired) electrons. The van der Waals surface area contributed by atoms with Crippen LogP contribution in [-0.4, -0.2) is 82.1 Å². The fourth-order valence-corrected chi connectivity index (χ4v) is 9.04. The molecule has 0 fully saturated rings. The molecule has 0 aliphatic heterocycles. The molecule has 0 bridgehead atoms. The predicted octanol–water partition coefficient (Wildman–Crippen LogP) is 13.0. The van der Waals surface area contributed by atoms with Gasteiger partial charge in [0.15, 0.2) is 11.2 Å². The second-order valence-electron chi connectivity index (χ2n) is 20.0. The van der Waals surface area contributed by atoms with Gasteiger partial charge in [-0.05, 0) is 98.0 Å². The number of halogens is 2. The van der Waals surface area contributed by atoms with Crippen molar-refractivity contribution in [1.29, 1.82) is 0 Å². The van der Waals surface area contributed by atoms with E-state index in [0.29, 0.717) is 54.3 Å². The van der Waals surface area contributed by atoms with Crippen molar-refractivity contribution in [2.75, 3.05) is 49.5 Å². The van der Waals surface area contributed by atoms with Gasteiger partial charge in [-0.25, -0.2) is 24.7 Å². The van der Waals surface area contributed by atoms with Gasteiger partial charge in [-0.3, -0.25) is 24.5 Å². The summed E-state index contributed by atoms with van der Waals surface area (Å²) in [6.07, 6.45) is 0. The van der Waals surface area contributed by atoms with Crippen LogP contribution in [0.4, 0.5) is 22.7 Å². The Morgan fingerprint density at radius 1 is 0.500 bits per heavy atom. The molecule has 404 valence electrons. The number of carbonyl (C=O) groups excluding carboxylic acids is 4. The minimum absolute atomic E-state index is 0.0257. The number of aromatic nitrogens is 4. The number of rotatable bonds is 20. The second kappa shape index (κ2) is 24.1. The summed E-state index contributed by atoms with van der Waals surface area (Å²) in [5.74, 6) is -1.19. The van der Waals surface area contributed by atoms with Crippen molar-refractivity contribution in [1.82, 2.24) is 19.9 Å². The summed E-state index contributed by atoms with van der Waals surface area (Å²) in [6.45, 7) is 16.9. The van der Waals surface area contributed by atoms with E-state index in [1.165, 1.54) is 43.5 Å². The lowest BCUT2D eigenvalue weighted by Crippen LogP contribution is -2.18. The first-order chi connectivity index (χ1) is 37.2. The Balaban J connectivity index is 1.19. The highest BCUT2D eigenvalue weighted by molar-refractivity contribution is 9.11. The first kappa shape index (κ1) is 56.2. The van der Waals surface area contributed by atoms with Gasteiger partial charge in [0.1, 0.15) is 40.1 Å². The van der Waals surface area contributed by atoms with Crippen molar-refractivity contribution >= 4 is 122 Å². The van der Waals surface area contributed by atoms with Crippen molar-refractivity contribution in [3.63, 3.8) is 0 Å². The third kappa shape index (κ3) is 12.5. The largest absolute Gasteiger partial charge is 0.493 e. The number of nitrogens with one attached hydrogen (secondary N) is 3. The van der Waals surface area contributed by atoms with Crippen molar-refractivity contribution in [2.45, 2.75) is 55.4 Å². The zero-order valence-electron chi connectivity index (χ0n) is 44.2. The summed E-state index contributed by atoms with van der Waals surface area (Å²) >= 11 is 7.25. The average Bonchev–Trinajstić information content (AvgIpc) is 3.41. The Kier molecular flexibility index (Phi) is 17.4. The normalized spacial score (nSPS) is 11.5. The summed E-state index contributed by atoms with van der Waals surface area (Å²) in [6, 6.07) is 22.1. The van der Waals surface area contributed by atoms with Crippen molar-refractivity contribution in [3.8, 4) is 23.0 Å². The van der Waals surface area contributed by atoms with Gasteiger partial charge in [-0.2, -0.15) is 0 Å². The van der Waals surface area contributed by atoms with E-state index >= 15 is 0 Å². The number of benzene rings is 4. The Bertz CT molecular complexity index is 3680. The van der Waals surface area contributed by atoms with Gasteiger partial charge < -0.3 is 39.6 Å². The number of non-ortho nitro benzene ring substituents is 1. The summed E-state index contributed by atoms with van der Waals surface area (Å²) in [4.78, 5) is 86.6. The topological polar surface area (TPSA) is 245 Å². The molecule has 0 atom stereocenters. The van der Waals surface area contributed by atoms with Crippen LogP contribution in [0.25, 0.3) is 43.6 Å². The number of esters is 1. The number of para-hydroxylation sites is 2. The lowest BCUT2D eigenvalue weighted by atomic mass is 10.1. The van der Waals surface area contributed by atoms with Gasteiger partial charge in [-0.1, -0.05) is 67.5 Å². The standard InChI is InChI=1S/C57H56Br2N8O11/c1-28(2)24-75-44-20-39(60-50-32(44)12-10-14-36(50)64-55(69)40-21-45(76-25-29(3)4)33-13-11-15-43(67(72)73)51(33)61-40)54(68)65-37-18-16-34(58)48-46(77-26-30(5)6)22-41(62-52(37)48)56(70)66-38-19-17-35(59)49-47(78-27-31(7)8)23-42(57(71)74-9)63-53(38)49/h10-23,28-31H,24-27H2,1-9H3,(H,64,69)(H,65,68)(H,66,70). The molecule has 0 spiro atoms. The molecule has 0 unspecified atom stereocenters. The van der Waals surface area contributed by atoms with Gasteiger partial charge >= 0.3 is 5.97 Å². The van der Waals surface area contributed by atoms with E-state index in [9.17, 15) is 29.3 Å². The molecule has 21 heteroatoms. The van der Waals surface area contributed by atoms with Crippen molar-refractivity contribution < 1.29 is 47.8 Å². The number of nitrogens with zero attached hydrogens (tertiary/aromatic N) is 5. The monoisotopic (exact) mass is 1190 g/mol. The van der Waals surface area contributed by atoms with E-state index in [0.717, 1.165) is 0 Å². The van der Waals surface area contributed by atoms with Crippen LogP contribution in [-0.2, 0) is 4.74 Å². The molecule has 0 saturated carbocycles. The zero-order valence-corrected chi connectivity index (χ0v) is 47.4. The van der Waals surface area contributed by atoms with Crippen LogP contribution in [0.2, 0.25) is 0 Å². The molecule has 4 heterocycles. The van der Waals surface area contributed by atoms with Crippen LogP contribution in [0.5, 0.6) is 23.0 Å². The molecule has 0 saturated heterocycles. The molecule has 3 amide bonds. The smallest absolute Gasteiger partial charge is 0.356 e. The number of ether oxygens (including phenoxy) is 5. The highest BCUT2D eigenvalue weighted by atomic mass is 79.9. The summed E-state index contributed by atoms with van der Waals surface area (Å²) in [5, 5.41) is 22.7. The molecule has 3 N–H and O–H groups in total. The first-order valence-electron chi connectivity index (χ1n) is 25.0. The number of amides is 3. The first-order valence-corrected chi connectivity index (χ1v) is 26.6. The molecule has 78 heavy (non-hydrogen) atoms. The molecular formula is C57H56Br2N8O11. The number of hydrogen-bond donors (Lipinski definition) is 3. The fourth-order valence-electron chi connectivity index (χ4n) is 8.01. The third-order valence-corrected chi connectivity index (χ3v) is 13.0. The van der Waals surface area contributed by atoms with Gasteiger partial charge in [0, 0.05) is 50.0 Å². The number of fused-ring (bicyclic) bond motifs is 4. The van der Waals surface area contributed by atoms with Crippen LogP contribution < -0.4 is 34.9 Å². The van der Waals surface area contributed by atoms with Gasteiger partial charge in [0.05, 0.1) is 82.8 Å². The number of methoxy groups -OCH3 is 1. The quantitative estimate of drug-likeness (QED) is 0.0365. The van der Waals surface area contributed by atoms with Gasteiger partial charge in [0.25, 0.3) is 23.4 Å². The fraction of sp³-hybridized carbons (Fsp3) is 0.298. The average molecular weight is 1190 g/mol. The molecule has 4 aromatic carbocycles. The number of anilines is 3. The molecule has 8 rings (SSSR count). The maximum absolute atomic E-state index is 14.7. The molecule has 0 aliphatic carbocycles. The molecular weight excluding hydrogens is 1130 g/mol. The van der Waals surface area contributed by atoms with E-state index in [4.69, 9.17) is 33.7 Å². The summed E-state index contributed by atoms with van der Waals surface area (Å²) in [7, 11) is 1.24. The lowest BCUT2D eigenvalue weighted by Gasteiger charge is -2.18. The SMILES string of the molecule is COC(=O)c1cc(OCC(C)C)c2c(Br)ccc(NC(=O)c3cc(OCC(C)C)c4c(Br)ccc(NC(=O)c5cc(OCC(C)C)c6cccc(NC(=O)c7cc(OCC(C)C)c8cccc([N+](=O)[O-])c8n7)c6n5)c4n3)c2n1. The highest BCUT2D eigenvalue weighted by Crippen LogP contribution is 2.40. The van der Waals surface area contributed by atoms with E-state index in [1.54, 1.807) is 48.5 Å². The number of nitro groups is 1. The number of hydrogen-bond acceptors (Lipinski definition) is 15. The van der Waals surface area contributed by atoms with Crippen molar-refractivity contribution in [3.05, 3.63) is 127 Å². The molecule has 19 nitrogen and oxygen atoms in total. The number of nitro benzene ring substituents is 1. The second-order valence-corrected chi connectivity index (χ2v) is 21.7. The van der Waals surface area contributed by atoms with Crippen LogP contribution in [0.1, 0.15) is 97.3 Å². The molecule has 4 aromatic heterocycles. The number of pyridine rings is 4. The minimum atomic E-state index is -0.725. The Hall–Kier alpha value is -8.04. The lowest BCUT2D eigenvalue weighted by molar-refractivity contribution is -0.383.